The van der Waals surface area contributed by atoms with Gasteiger partial charge in [-0.25, -0.2) is 4.98 Å². The molecule has 1 aromatic carbocycles. The van der Waals surface area contributed by atoms with Crippen LogP contribution < -0.4 is 10.1 Å². The Kier molecular flexibility index (Phi) is 5.82. The number of ether oxygens (including phenoxy) is 1. The van der Waals surface area contributed by atoms with Gasteiger partial charge in [0.25, 0.3) is 5.91 Å². The second-order valence-electron chi connectivity index (χ2n) is 3.57. The van der Waals surface area contributed by atoms with E-state index in [0.717, 1.165) is 0 Å². The summed E-state index contributed by atoms with van der Waals surface area (Å²) < 4.78 is 5.27. The Morgan fingerprint density at radius 2 is 1.67 bits per heavy atom. The zero-order chi connectivity index (χ0) is 15.6. The van der Waals surface area contributed by atoms with Crippen LogP contribution in [0, 0.1) is 0 Å². The number of aromatic nitrogens is 1. The molecule has 4 nitrogen and oxygen atoms in total. The highest BCUT2D eigenvalue weighted by atomic mass is 35.5. The standard InChI is InChI=1S/C11H5Cl5N2O2S/c12-5-6(13)8(15)10(9(16)7(5)14)20-3-4(19)18-11-17-1-2-21-11/h1-2H,3H2,(H,17,18,19). The van der Waals surface area contributed by atoms with Crippen molar-refractivity contribution in [2.24, 2.45) is 0 Å². The summed E-state index contributed by atoms with van der Waals surface area (Å²) in [5.74, 6) is -0.439. The smallest absolute Gasteiger partial charge is 0.264 e. The molecule has 1 N–H and O–H groups in total. The van der Waals surface area contributed by atoms with Gasteiger partial charge in [-0.1, -0.05) is 58.0 Å². The van der Waals surface area contributed by atoms with Crippen LogP contribution in [0.4, 0.5) is 5.13 Å². The summed E-state index contributed by atoms with van der Waals surface area (Å²) in [6, 6.07) is 0. The molecule has 21 heavy (non-hydrogen) atoms. The van der Waals surface area contributed by atoms with Gasteiger partial charge in [0.1, 0.15) is 10.0 Å². The second-order valence-corrected chi connectivity index (χ2v) is 6.36. The fraction of sp³-hybridized carbons (Fsp3) is 0.0909. The Hall–Kier alpha value is -0.430. The third kappa shape index (κ3) is 3.86. The van der Waals surface area contributed by atoms with Crippen molar-refractivity contribution in [1.29, 1.82) is 0 Å². The van der Waals surface area contributed by atoms with E-state index in [1.807, 2.05) is 0 Å². The third-order valence-electron chi connectivity index (χ3n) is 2.20. The maximum Gasteiger partial charge on any atom is 0.264 e. The van der Waals surface area contributed by atoms with Crippen LogP contribution in [0.15, 0.2) is 11.6 Å². The fourth-order valence-electron chi connectivity index (χ4n) is 1.29. The lowest BCUT2D eigenvalue weighted by Crippen LogP contribution is -2.20. The Morgan fingerprint density at radius 1 is 1.10 bits per heavy atom. The Balaban J connectivity index is 2.12. The van der Waals surface area contributed by atoms with Crippen LogP contribution >= 0.6 is 69.3 Å². The van der Waals surface area contributed by atoms with Gasteiger partial charge < -0.3 is 4.74 Å². The predicted octanol–water partition coefficient (Wildman–Crippen LogP) is 5.43. The molecule has 0 saturated carbocycles. The van der Waals surface area contributed by atoms with E-state index in [-0.39, 0.29) is 37.5 Å². The summed E-state index contributed by atoms with van der Waals surface area (Å²) in [7, 11) is 0. The number of rotatable bonds is 4. The van der Waals surface area contributed by atoms with Crippen molar-refractivity contribution < 1.29 is 9.53 Å². The predicted molar refractivity (Wildman–Crippen MR) is 87.7 cm³/mol. The number of carbonyl (C=O) groups excluding carboxylic acids is 1. The Bertz CT molecular complexity index is 649. The zero-order valence-electron chi connectivity index (χ0n) is 9.92. The highest BCUT2D eigenvalue weighted by Gasteiger charge is 2.21. The highest BCUT2D eigenvalue weighted by Crippen LogP contribution is 2.48. The van der Waals surface area contributed by atoms with Crippen LogP contribution in [-0.2, 0) is 4.79 Å². The molecular weight excluding hydrogens is 401 g/mol. The van der Waals surface area contributed by atoms with Gasteiger partial charge in [0.2, 0.25) is 0 Å². The molecule has 0 aliphatic rings. The van der Waals surface area contributed by atoms with E-state index in [1.165, 1.54) is 11.3 Å². The summed E-state index contributed by atoms with van der Waals surface area (Å²) >= 11 is 30.9. The molecular formula is C11H5Cl5N2O2S. The number of nitrogens with zero attached hydrogens (tertiary/aromatic N) is 1. The molecule has 0 aliphatic heterocycles. The Morgan fingerprint density at radius 3 is 2.19 bits per heavy atom. The number of hydrogen-bond donors (Lipinski definition) is 1. The molecule has 0 radical (unpaired) electrons. The van der Waals surface area contributed by atoms with Crippen molar-refractivity contribution in [2.45, 2.75) is 0 Å². The molecule has 0 atom stereocenters. The number of thiazole rings is 1. The molecule has 2 rings (SSSR count). The first-order valence-corrected chi connectivity index (χ1v) is 8.02. The maximum absolute atomic E-state index is 11.7. The van der Waals surface area contributed by atoms with Crippen LogP contribution in [0.25, 0.3) is 0 Å². The summed E-state index contributed by atoms with van der Waals surface area (Å²) in [6.45, 7) is -0.340. The molecule has 1 heterocycles. The first-order chi connectivity index (χ1) is 9.91. The average Bonchev–Trinajstić information content (AvgIpc) is 2.96. The van der Waals surface area contributed by atoms with Crippen molar-refractivity contribution >= 4 is 80.4 Å². The maximum atomic E-state index is 11.7. The van der Waals surface area contributed by atoms with Gasteiger partial charge in [-0.3, -0.25) is 10.1 Å². The van der Waals surface area contributed by atoms with Crippen molar-refractivity contribution in [3.8, 4) is 5.75 Å². The average molecular weight is 407 g/mol. The molecule has 10 heteroatoms. The Labute approximate surface area is 148 Å². The summed E-state index contributed by atoms with van der Waals surface area (Å²) in [5.41, 5.74) is 0. The normalized spacial score (nSPS) is 10.5. The number of halogens is 5. The molecule has 0 fully saturated rings. The van der Waals surface area contributed by atoms with Crippen molar-refractivity contribution in [1.82, 2.24) is 4.98 Å². The number of amides is 1. The van der Waals surface area contributed by atoms with Crippen LogP contribution in [0.3, 0.4) is 0 Å². The molecule has 1 aromatic heterocycles. The van der Waals surface area contributed by atoms with E-state index in [9.17, 15) is 4.79 Å². The molecule has 1 amide bonds. The lowest BCUT2D eigenvalue weighted by atomic mass is 10.3. The number of benzene rings is 1. The zero-order valence-corrected chi connectivity index (χ0v) is 14.5. The van der Waals surface area contributed by atoms with Gasteiger partial charge in [0.15, 0.2) is 17.5 Å². The molecule has 2 aromatic rings. The van der Waals surface area contributed by atoms with E-state index >= 15 is 0 Å². The van der Waals surface area contributed by atoms with Crippen LogP contribution in [0.1, 0.15) is 0 Å². The largest absolute Gasteiger partial charge is 0.481 e. The van der Waals surface area contributed by atoms with Gasteiger partial charge in [-0.2, -0.15) is 0 Å². The van der Waals surface area contributed by atoms with Crippen molar-refractivity contribution in [2.75, 3.05) is 11.9 Å². The van der Waals surface area contributed by atoms with Gasteiger partial charge >= 0.3 is 0 Å². The molecule has 0 bridgehead atoms. The van der Waals surface area contributed by atoms with Crippen LogP contribution in [-0.4, -0.2) is 17.5 Å². The molecule has 0 saturated heterocycles. The summed E-state index contributed by atoms with van der Waals surface area (Å²) in [4.78, 5) is 15.6. The summed E-state index contributed by atoms with van der Waals surface area (Å²) in [6.07, 6.45) is 1.56. The molecule has 0 aliphatic carbocycles. The van der Waals surface area contributed by atoms with E-state index < -0.39 is 5.91 Å². The minimum atomic E-state index is -0.431. The summed E-state index contributed by atoms with van der Waals surface area (Å²) in [5, 5.41) is 4.71. The van der Waals surface area contributed by atoms with E-state index in [2.05, 4.69) is 10.3 Å². The SMILES string of the molecule is O=C(COc1c(Cl)c(Cl)c(Cl)c(Cl)c1Cl)Nc1nccs1. The minimum absolute atomic E-state index is 0.00284. The van der Waals surface area contributed by atoms with Gasteiger partial charge in [0, 0.05) is 11.6 Å². The van der Waals surface area contributed by atoms with Crippen molar-refractivity contribution in [3.05, 3.63) is 36.7 Å². The number of anilines is 1. The molecule has 0 spiro atoms. The second kappa shape index (κ2) is 7.22. The van der Waals surface area contributed by atoms with E-state index in [4.69, 9.17) is 62.7 Å². The van der Waals surface area contributed by atoms with Gasteiger partial charge in [0.05, 0.1) is 15.1 Å². The fourth-order valence-corrected chi connectivity index (χ4v) is 3.06. The molecule has 112 valence electrons. The van der Waals surface area contributed by atoms with Crippen LogP contribution in [0.2, 0.25) is 25.1 Å². The number of nitrogens with one attached hydrogen (secondary N) is 1. The van der Waals surface area contributed by atoms with Crippen molar-refractivity contribution in [3.63, 3.8) is 0 Å². The van der Waals surface area contributed by atoms with Gasteiger partial charge in [-0.15, -0.1) is 11.3 Å². The number of hydrogen-bond acceptors (Lipinski definition) is 4. The van der Waals surface area contributed by atoms with Gasteiger partial charge in [-0.05, 0) is 0 Å². The third-order valence-corrected chi connectivity index (χ3v) is 5.13. The first-order valence-electron chi connectivity index (χ1n) is 5.25. The quantitative estimate of drug-likeness (QED) is 0.544. The minimum Gasteiger partial charge on any atom is -0.481 e. The lowest BCUT2D eigenvalue weighted by molar-refractivity contribution is -0.118. The van der Waals surface area contributed by atoms with E-state index in [1.54, 1.807) is 11.6 Å². The van der Waals surface area contributed by atoms with E-state index in [0.29, 0.717) is 5.13 Å². The number of carbonyl (C=O) groups is 1. The van der Waals surface area contributed by atoms with Crippen LogP contribution in [0.5, 0.6) is 5.75 Å². The lowest BCUT2D eigenvalue weighted by Gasteiger charge is -2.13. The first kappa shape index (κ1) is 16.9. The molecule has 0 unspecified atom stereocenters. The topological polar surface area (TPSA) is 51.2 Å². The monoisotopic (exact) mass is 404 g/mol. The highest BCUT2D eigenvalue weighted by molar-refractivity contribution is 7.13.